The second-order valence-electron chi connectivity index (χ2n) is 5.62. The second-order valence-corrected chi connectivity index (χ2v) is 5.62. The third-order valence-electron chi connectivity index (χ3n) is 4.01. The molecule has 2 atom stereocenters. The molecule has 0 aliphatic carbocycles. The van der Waals surface area contributed by atoms with Crippen molar-refractivity contribution < 1.29 is 23.5 Å². The van der Waals surface area contributed by atoms with Gasteiger partial charge < -0.3 is 14.4 Å². The number of likely N-dealkylation sites (tertiary alicyclic amines) is 1. The lowest BCUT2D eigenvalue weighted by molar-refractivity contribution is -0.145. The molecular formula is C18H17FN2O4. The Hall–Kier alpha value is -2.96. The van der Waals surface area contributed by atoms with Gasteiger partial charge in [-0.1, -0.05) is 18.2 Å². The van der Waals surface area contributed by atoms with Gasteiger partial charge in [-0.3, -0.25) is 9.78 Å². The van der Waals surface area contributed by atoms with E-state index < -0.39 is 29.8 Å². The Bertz CT molecular complexity index is 769. The molecule has 0 spiro atoms. The van der Waals surface area contributed by atoms with Crippen LogP contribution in [0.2, 0.25) is 0 Å². The minimum Gasteiger partial charge on any atom is -0.485 e. The van der Waals surface area contributed by atoms with Gasteiger partial charge in [0, 0.05) is 12.6 Å². The van der Waals surface area contributed by atoms with Gasteiger partial charge >= 0.3 is 5.97 Å². The largest absolute Gasteiger partial charge is 0.485 e. The lowest BCUT2D eigenvalue weighted by Gasteiger charge is -2.21. The SMILES string of the molecule is COC(=O)[C@@H]1C[C@@H](Oc2ccccc2F)CN1C(=O)c1ccccn1. The first-order valence-electron chi connectivity index (χ1n) is 7.81. The zero-order valence-electron chi connectivity index (χ0n) is 13.6. The van der Waals surface area contributed by atoms with Crippen LogP contribution >= 0.6 is 0 Å². The lowest BCUT2D eigenvalue weighted by atomic mass is 10.2. The highest BCUT2D eigenvalue weighted by atomic mass is 19.1. The van der Waals surface area contributed by atoms with Gasteiger partial charge in [0.15, 0.2) is 11.6 Å². The quantitative estimate of drug-likeness (QED) is 0.794. The average molecular weight is 344 g/mol. The van der Waals surface area contributed by atoms with E-state index in [1.54, 1.807) is 30.3 Å². The minimum absolute atomic E-state index is 0.0863. The van der Waals surface area contributed by atoms with Crippen molar-refractivity contribution in [2.24, 2.45) is 0 Å². The first-order chi connectivity index (χ1) is 12.1. The third kappa shape index (κ3) is 3.60. The maximum Gasteiger partial charge on any atom is 0.328 e. The van der Waals surface area contributed by atoms with Crippen molar-refractivity contribution in [3.8, 4) is 5.75 Å². The first kappa shape index (κ1) is 16.9. The summed E-state index contributed by atoms with van der Waals surface area (Å²) in [5.41, 5.74) is 0.225. The number of rotatable bonds is 4. The number of aromatic nitrogens is 1. The molecule has 1 amide bonds. The van der Waals surface area contributed by atoms with Crippen LogP contribution in [-0.4, -0.2) is 47.6 Å². The predicted octanol–water partition coefficient (Wildman–Crippen LogP) is 2.06. The van der Waals surface area contributed by atoms with Crippen molar-refractivity contribution in [2.75, 3.05) is 13.7 Å². The van der Waals surface area contributed by atoms with Crippen LogP contribution in [0.1, 0.15) is 16.9 Å². The Morgan fingerprint density at radius 3 is 2.64 bits per heavy atom. The zero-order chi connectivity index (χ0) is 17.8. The first-order valence-corrected chi connectivity index (χ1v) is 7.81. The van der Waals surface area contributed by atoms with Crippen molar-refractivity contribution in [3.63, 3.8) is 0 Å². The van der Waals surface area contributed by atoms with Crippen LogP contribution in [0.25, 0.3) is 0 Å². The summed E-state index contributed by atoms with van der Waals surface area (Å²) in [6, 6.07) is 10.2. The van der Waals surface area contributed by atoms with Gasteiger partial charge in [-0.15, -0.1) is 0 Å². The fraction of sp³-hybridized carbons (Fsp3) is 0.278. The molecule has 0 bridgehead atoms. The molecule has 3 rings (SSSR count). The van der Waals surface area contributed by atoms with E-state index in [1.807, 2.05) is 0 Å². The summed E-state index contributed by atoms with van der Waals surface area (Å²) in [6.45, 7) is 0.142. The van der Waals surface area contributed by atoms with E-state index in [1.165, 1.54) is 30.3 Å². The number of esters is 1. The highest BCUT2D eigenvalue weighted by molar-refractivity contribution is 5.95. The average Bonchev–Trinajstić information content (AvgIpc) is 3.07. The number of carbonyl (C=O) groups is 2. The van der Waals surface area contributed by atoms with Crippen LogP contribution in [0.3, 0.4) is 0 Å². The molecule has 1 aliphatic rings. The Labute approximate surface area is 144 Å². The molecule has 0 unspecified atom stereocenters. The lowest BCUT2D eigenvalue weighted by Crippen LogP contribution is -2.41. The Morgan fingerprint density at radius 2 is 1.96 bits per heavy atom. The number of benzene rings is 1. The van der Waals surface area contributed by atoms with Crippen molar-refractivity contribution >= 4 is 11.9 Å². The number of hydrogen-bond acceptors (Lipinski definition) is 5. The summed E-state index contributed by atoms with van der Waals surface area (Å²) in [5.74, 6) is -1.34. The fourth-order valence-corrected chi connectivity index (χ4v) is 2.82. The topological polar surface area (TPSA) is 68.7 Å². The molecule has 130 valence electrons. The molecule has 6 nitrogen and oxygen atoms in total. The standard InChI is InChI=1S/C18H17FN2O4/c1-24-18(23)15-10-12(25-16-8-3-2-6-13(16)19)11-21(15)17(22)14-7-4-5-9-20-14/h2-9,12,15H,10-11H2,1H3/t12-,15+/m1/s1. The monoisotopic (exact) mass is 344 g/mol. The number of halogens is 1. The summed E-state index contributed by atoms with van der Waals surface area (Å²) in [6.07, 6.45) is 1.21. The Kier molecular flexibility index (Phi) is 4.92. The number of amides is 1. The van der Waals surface area contributed by atoms with Crippen molar-refractivity contribution in [2.45, 2.75) is 18.6 Å². The van der Waals surface area contributed by atoms with Gasteiger partial charge in [-0.2, -0.15) is 0 Å². The van der Waals surface area contributed by atoms with Crippen molar-refractivity contribution in [1.29, 1.82) is 0 Å². The molecule has 1 fully saturated rings. The van der Waals surface area contributed by atoms with Gasteiger partial charge in [-0.05, 0) is 24.3 Å². The molecule has 1 aliphatic heterocycles. The van der Waals surface area contributed by atoms with Crippen molar-refractivity contribution in [1.82, 2.24) is 9.88 Å². The van der Waals surface area contributed by atoms with Crippen LogP contribution in [-0.2, 0) is 9.53 Å². The van der Waals surface area contributed by atoms with Gasteiger partial charge in [0.25, 0.3) is 5.91 Å². The van der Waals surface area contributed by atoms with E-state index in [-0.39, 0.29) is 24.4 Å². The molecule has 0 radical (unpaired) electrons. The van der Waals surface area contributed by atoms with Crippen LogP contribution in [0, 0.1) is 5.82 Å². The van der Waals surface area contributed by atoms with Gasteiger partial charge in [0.1, 0.15) is 17.8 Å². The molecule has 25 heavy (non-hydrogen) atoms. The molecule has 2 aromatic rings. The Balaban J connectivity index is 1.80. The smallest absolute Gasteiger partial charge is 0.328 e. The second kappa shape index (κ2) is 7.29. The number of carbonyl (C=O) groups excluding carboxylic acids is 2. The van der Waals surface area contributed by atoms with Crippen molar-refractivity contribution in [3.05, 3.63) is 60.2 Å². The van der Waals surface area contributed by atoms with Gasteiger partial charge in [-0.25, -0.2) is 9.18 Å². The van der Waals surface area contributed by atoms with E-state index in [0.717, 1.165) is 0 Å². The number of methoxy groups -OCH3 is 1. The fourth-order valence-electron chi connectivity index (χ4n) is 2.82. The van der Waals surface area contributed by atoms with E-state index in [0.29, 0.717) is 0 Å². The normalized spacial score (nSPS) is 19.5. The van der Waals surface area contributed by atoms with Gasteiger partial charge in [0.2, 0.25) is 0 Å². The molecule has 0 N–H and O–H groups in total. The summed E-state index contributed by atoms with van der Waals surface area (Å²) >= 11 is 0. The molecule has 7 heteroatoms. The van der Waals surface area contributed by atoms with E-state index in [9.17, 15) is 14.0 Å². The zero-order valence-corrected chi connectivity index (χ0v) is 13.6. The van der Waals surface area contributed by atoms with Crippen LogP contribution in [0.5, 0.6) is 5.75 Å². The van der Waals surface area contributed by atoms with E-state index in [2.05, 4.69) is 4.98 Å². The van der Waals surface area contributed by atoms with Crippen LogP contribution in [0.15, 0.2) is 48.7 Å². The number of nitrogens with zero attached hydrogens (tertiary/aromatic N) is 2. The molecule has 0 saturated carbocycles. The minimum atomic E-state index is -0.795. The maximum atomic E-state index is 13.8. The maximum absolute atomic E-state index is 13.8. The molecule has 2 heterocycles. The highest BCUT2D eigenvalue weighted by Gasteiger charge is 2.42. The number of pyridine rings is 1. The molecule has 1 aromatic heterocycles. The van der Waals surface area contributed by atoms with E-state index in [4.69, 9.17) is 9.47 Å². The summed E-state index contributed by atoms with van der Waals surface area (Å²) in [5, 5.41) is 0. The highest BCUT2D eigenvalue weighted by Crippen LogP contribution is 2.26. The summed E-state index contributed by atoms with van der Waals surface area (Å²) < 4.78 is 24.2. The number of ether oxygens (including phenoxy) is 2. The number of para-hydroxylation sites is 1. The molecular weight excluding hydrogens is 327 g/mol. The molecule has 1 saturated heterocycles. The summed E-state index contributed by atoms with van der Waals surface area (Å²) in [4.78, 5) is 30.1. The molecule has 1 aromatic carbocycles. The van der Waals surface area contributed by atoms with Gasteiger partial charge in [0.05, 0.1) is 13.7 Å². The van der Waals surface area contributed by atoms with Crippen LogP contribution < -0.4 is 4.74 Å². The third-order valence-corrected chi connectivity index (χ3v) is 4.01. The predicted molar refractivity (Wildman–Crippen MR) is 86.5 cm³/mol. The van der Waals surface area contributed by atoms with Crippen LogP contribution in [0.4, 0.5) is 4.39 Å². The van der Waals surface area contributed by atoms with E-state index >= 15 is 0 Å². The summed E-state index contributed by atoms with van der Waals surface area (Å²) in [7, 11) is 1.26. The number of hydrogen-bond donors (Lipinski definition) is 0. The Morgan fingerprint density at radius 1 is 1.20 bits per heavy atom.